The molecule has 1 spiro atoms. The zero-order chi connectivity index (χ0) is 29.1. The highest BCUT2D eigenvalue weighted by Gasteiger charge is 2.50. The minimum atomic E-state index is -0.567. The van der Waals surface area contributed by atoms with Crippen molar-refractivity contribution < 1.29 is 24.2 Å². The van der Waals surface area contributed by atoms with Gasteiger partial charge in [0.05, 0.1) is 25.5 Å². The van der Waals surface area contributed by atoms with E-state index in [0.717, 1.165) is 60.5 Å². The van der Waals surface area contributed by atoms with Crippen LogP contribution in [0.3, 0.4) is 0 Å². The van der Waals surface area contributed by atoms with E-state index >= 15 is 0 Å². The smallest absolute Gasteiger partial charge is 0.247 e. The molecule has 3 aliphatic rings. The molecule has 42 heavy (non-hydrogen) atoms. The first-order valence-corrected chi connectivity index (χ1v) is 14.6. The molecule has 0 aromatic heterocycles. The van der Waals surface area contributed by atoms with Crippen LogP contribution in [0.15, 0.2) is 78.9 Å². The van der Waals surface area contributed by atoms with E-state index in [1.54, 1.807) is 0 Å². The van der Waals surface area contributed by atoms with Crippen LogP contribution in [0.25, 0.3) is 0 Å². The van der Waals surface area contributed by atoms with Gasteiger partial charge >= 0.3 is 0 Å². The summed E-state index contributed by atoms with van der Waals surface area (Å²) < 4.78 is 13.0. The van der Waals surface area contributed by atoms with Gasteiger partial charge in [-0.25, -0.2) is 0 Å². The zero-order valence-corrected chi connectivity index (χ0v) is 23.9. The summed E-state index contributed by atoms with van der Waals surface area (Å²) in [6.45, 7) is 4.34. The van der Waals surface area contributed by atoms with E-state index in [4.69, 9.17) is 9.47 Å². The molecule has 0 aliphatic carbocycles. The van der Waals surface area contributed by atoms with Crippen LogP contribution in [0.1, 0.15) is 55.3 Å². The van der Waals surface area contributed by atoms with Crippen molar-refractivity contribution in [3.8, 4) is 0 Å². The lowest BCUT2D eigenvalue weighted by molar-refractivity contribution is -0.253. The maximum absolute atomic E-state index is 13.1. The summed E-state index contributed by atoms with van der Waals surface area (Å²) in [6.07, 6.45) is 1.36. The molecular weight excluding hydrogens is 532 g/mol. The molecule has 3 saturated heterocycles. The van der Waals surface area contributed by atoms with Crippen LogP contribution in [-0.4, -0.2) is 59.8 Å². The Morgan fingerprint density at radius 1 is 0.976 bits per heavy atom. The van der Waals surface area contributed by atoms with Gasteiger partial charge in [-0.05, 0) is 48.2 Å². The normalized spacial score (nSPS) is 24.0. The van der Waals surface area contributed by atoms with Gasteiger partial charge in [-0.1, -0.05) is 54.6 Å². The van der Waals surface area contributed by atoms with E-state index in [2.05, 4.69) is 32.6 Å². The first-order chi connectivity index (χ1) is 20.4. The zero-order valence-electron chi connectivity index (χ0n) is 23.9. The molecule has 6 rings (SSSR count). The van der Waals surface area contributed by atoms with Crippen molar-refractivity contribution in [2.75, 3.05) is 36.5 Å². The van der Waals surface area contributed by atoms with Crippen LogP contribution in [0.2, 0.25) is 0 Å². The third-order valence-corrected chi connectivity index (χ3v) is 8.67. The van der Waals surface area contributed by atoms with Crippen LogP contribution >= 0.6 is 0 Å². The molecule has 3 N–H and O–H groups in total. The number of hydrogen-bond donors (Lipinski definition) is 3. The van der Waals surface area contributed by atoms with E-state index < -0.39 is 11.8 Å². The molecule has 0 radical (unpaired) electrons. The number of nitrogens with zero attached hydrogens (tertiary/aromatic N) is 2. The summed E-state index contributed by atoms with van der Waals surface area (Å²) in [4.78, 5) is 29.2. The number of hydrogen-bond acceptors (Lipinski definition) is 7. The molecule has 0 saturated carbocycles. The second kappa shape index (κ2) is 12.2. The molecule has 220 valence electrons. The molecule has 3 aliphatic heterocycles. The van der Waals surface area contributed by atoms with Crippen molar-refractivity contribution in [2.45, 2.75) is 56.8 Å². The first kappa shape index (κ1) is 28.4. The Labute approximate surface area is 246 Å². The number of nitrogens with one attached hydrogen (secondary N) is 2. The lowest BCUT2D eigenvalue weighted by atomic mass is 9.85. The molecule has 3 heterocycles. The number of aliphatic hydroxyl groups excluding tert-OH is 1. The van der Waals surface area contributed by atoms with E-state index in [1.807, 2.05) is 66.7 Å². The predicted octanol–water partition coefficient (Wildman–Crippen LogP) is 4.11. The minimum absolute atomic E-state index is 0.00299. The van der Waals surface area contributed by atoms with Gasteiger partial charge in [-0.3, -0.25) is 9.59 Å². The van der Waals surface area contributed by atoms with Gasteiger partial charge in [0.25, 0.3) is 0 Å². The van der Waals surface area contributed by atoms with Gasteiger partial charge in [0.15, 0.2) is 6.29 Å². The number of likely N-dealkylation sites (tertiary alicyclic amines) is 1. The minimum Gasteiger partial charge on any atom is -0.392 e. The van der Waals surface area contributed by atoms with Crippen molar-refractivity contribution >= 4 is 23.2 Å². The third kappa shape index (κ3) is 5.91. The Bertz CT molecular complexity index is 1370. The SMILES string of the molecule is CC(=O)Nc1ccc([C@@H]2O[C@H](CN3CCC4(CC3)C(=O)NCN4c3ccccc3)C[C@H](c3ccc(CO)cc3)O2)cc1. The van der Waals surface area contributed by atoms with Crippen LogP contribution in [0, 0.1) is 0 Å². The fourth-order valence-corrected chi connectivity index (χ4v) is 6.39. The Morgan fingerprint density at radius 2 is 1.67 bits per heavy atom. The van der Waals surface area contributed by atoms with Crippen molar-refractivity contribution in [1.82, 2.24) is 10.2 Å². The second-order valence-corrected chi connectivity index (χ2v) is 11.4. The molecule has 2 amide bonds. The largest absolute Gasteiger partial charge is 0.392 e. The molecule has 3 aromatic rings. The Morgan fingerprint density at radius 3 is 2.33 bits per heavy atom. The molecule has 3 aromatic carbocycles. The molecule has 9 nitrogen and oxygen atoms in total. The van der Waals surface area contributed by atoms with Gasteiger partial charge in [0.1, 0.15) is 5.54 Å². The topological polar surface area (TPSA) is 103 Å². The number of ether oxygens (including phenoxy) is 2. The van der Waals surface area contributed by atoms with Gasteiger partial charge in [0.2, 0.25) is 11.8 Å². The van der Waals surface area contributed by atoms with Crippen molar-refractivity contribution in [1.29, 1.82) is 0 Å². The maximum atomic E-state index is 13.1. The van der Waals surface area contributed by atoms with Gasteiger partial charge < -0.3 is 35.0 Å². The Balaban J connectivity index is 1.17. The van der Waals surface area contributed by atoms with Gasteiger partial charge in [-0.2, -0.15) is 0 Å². The molecule has 3 atom stereocenters. The summed E-state index contributed by atoms with van der Waals surface area (Å²) in [5.41, 5.74) is 4.04. The van der Waals surface area contributed by atoms with Gasteiger partial charge in [0, 0.05) is 49.9 Å². The first-order valence-electron chi connectivity index (χ1n) is 14.6. The standard InChI is InChI=1S/C33H38N4O5/c1-23(39)35-27-13-11-26(12-14-27)31-41-29(19-30(42-31)25-9-7-24(21-38)8-10-25)20-36-17-15-33(16-18-36)32(40)34-22-37(33)28-5-3-2-4-6-28/h2-14,29-31,38H,15-22H2,1H3,(H,34,40)(H,35,39)/t29-,30+,31+/m0/s1. The number of benzene rings is 3. The summed E-state index contributed by atoms with van der Waals surface area (Å²) in [7, 11) is 0. The summed E-state index contributed by atoms with van der Waals surface area (Å²) >= 11 is 0. The Kier molecular flexibility index (Phi) is 8.26. The molecule has 0 bridgehead atoms. The van der Waals surface area contributed by atoms with Crippen LogP contribution < -0.4 is 15.5 Å². The second-order valence-electron chi connectivity index (χ2n) is 11.4. The van der Waals surface area contributed by atoms with Crippen LogP contribution in [0.4, 0.5) is 11.4 Å². The summed E-state index contributed by atoms with van der Waals surface area (Å²) in [5, 5.41) is 15.4. The maximum Gasteiger partial charge on any atom is 0.247 e. The predicted molar refractivity (Wildman–Crippen MR) is 160 cm³/mol. The lowest BCUT2D eigenvalue weighted by Crippen LogP contribution is -2.57. The lowest BCUT2D eigenvalue weighted by Gasteiger charge is -2.45. The average molecular weight is 571 g/mol. The van der Waals surface area contributed by atoms with Crippen LogP contribution in [-0.2, 0) is 25.7 Å². The number of para-hydroxylation sites is 1. The third-order valence-electron chi connectivity index (χ3n) is 8.67. The highest BCUT2D eigenvalue weighted by molar-refractivity contribution is 5.93. The van der Waals surface area contributed by atoms with E-state index in [-0.39, 0.29) is 30.6 Å². The van der Waals surface area contributed by atoms with Crippen molar-refractivity contribution in [2.24, 2.45) is 0 Å². The Hall–Kier alpha value is -3.76. The summed E-state index contributed by atoms with van der Waals surface area (Å²) in [5.74, 6) is -0.00728. The van der Waals surface area contributed by atoms with Crippen molar-refractivity contribution in [3.63, 3.8) is 0 Å². The number of carbonyl (C=O) groups excluding carboxylic acids is 2. The van der Waals surface area contributed by atoms with E-state index in [9.17, 15) is 14.7 Å². The quantitative estimate of drug-likeness (QED) is 0.393. The monoisotopic (exact) mass is 570 g/mol. The summed E-state index contributed by atoms with van der Waals surface area (Å²) in [6, 6.07) is 25.6. The number of rotatable bonds is 7. The number of piperidine rings is 1. The van der Waals surface area contributed by atoms with Crippen LogP contribution in [0.5, 0.6) is 0 Å². The molecular formula is C33H38N4O5. The molecule has 9 heteroatoms. The fraction of sp³-hybridized carbons (Fsp3) is 0.394. The number of aliphatic hydroxyl groups is 1. The number of amides is 2. The fourth-order valence-electron chi connectivity index (χ4n) is 6.39. The van der Waals surface area contributed by atoms with E-state index in [0.29, 0.717) is 13.1 Å². The van der Waals surface area contributed by atoms with Crippen molar-refractivity contribution in [3.05, 3.63) is 95.6 Å². The van der Waals surface area contributed by atoms with E-state index in [1.165, 1.54) is 6.92 Å². The number of anilines is 2. The highest BCUT2D eigenvalue weighted by Crippen LogP contribution is 2.40. The highest BCUT2D eigenvalue weighted by atomic mass is 16.7. The molecule has 0 unspecified atom stereocenters. The average Bonchev–Trinajstić information content (AvgIpc) is 3.33. The van der Waals surface area contributed by atoms with Gasteiger partial charge in [-0.15, -0.1) is 0 Å². The number of carbonyl (C=O) groups is 2. The molecule has 3 fully saturated rings.